The summed E-state index contributed by atoms with van der Waals surface area (Å²) in [5.41, 5.74) is -0.0756. The lowest BCUT2D eigenvalue weighted by Gasteiger charge is -2.42. The van der Waals surface area contributed by atoms with Crippen LogP contribution in [0, 0.1) is 5.41 Å². The van der Waals surface area contributed by atoms with Crippen LogP contribution >= 0.6 is 0 Å². The molecule has 1 aliphatic rings. The van der Waals surface area contributed by atoms with Crippen LogP contribution in [0.15, 0.2) is 0 Å². The monoisotopic (exact) mass is 357 g/mol. The third-order valence-electron chi connectivity index (χ3n) is 4.46. The van der Waals surface area contributed by atoms with Gasteiger partial charge in [-0.25, -0.2) is 0 Å². The summed E-state index contributed by atoms with van der Waals surface area (Å²) in [7, 11) is 0. The lowest BCUT2D eigenvalue weighted by atomic mass is 9.96. The Balaban J connectivity index is 1.92. The van der Waals surface area contributed by atoms with Crippen LogP contribution in [-0.2, 0) is 14.3 Å². The summed E-state index contributed by atoms with van der Waals surface area (Å²) in [5.74, 6) is 0.0545. The number of nitrogens with zero attached hydrogens (tertiary/aromatic N) is 2. The fourth-order valence-corrected chi connectivity index (χ4v) is 2.66. The number of amides is 1. The van der Waals surface area contributed by atoms with Crippen molar-refractivity contribution in [2.75, 3.05) is 65.7 Å². The minimum absolute atomic E-state index is 0.0545. The summed E-state index contributed by atoms with van der Waals surface area (Å²) in [5, 5.41) is 2.87. The number of hydrogen-bond donors (Lipinski definition) is 1. The Bertz CT molecular complexity index is 380. The zero-order chi connectivity index (χ0) is 18.9. The molecule has 25 heavy (non-hydrogen) atoms. The van der Waals surface area contributed by atoms with Gasteiger partial charge in [-0.15, -0.1) is 0 Å². The molecule has 0 saturated carbocycles. The molecule has 1 amide bonds. The SMILES string of the molecule is CC(C)(C)C(=O)NCCOCCOCCN1CCN(C(C)(C)C)CC1. The van der Waals surface area contributed by atoms with Gasteiger partial charge in [0.05, 0.1) is 26.4 Å². The van der Waals surface area contributed by atoms with Gasteiger partial charge in [0.2, 0.25) is 5.91 Å². The third kappa shape index (κ3) is 9.54. The van der Waals surface area contributed by atoms with Gasteiger partial charge in [0.1, 0.15) is 0 Å². The second-order valence-corrected chi connectivity index (χ2v) is 8.73. The van der Waals surface area contributed by atoms with Gasteiger partial charge in [0.25, 0.3) is 0 Å². The average Bonchev–Trinajstić information content (AvgIpc) is 2.51. The van der Waals surface area contributed by atoms with Crippen molar-refractivity contribution in [1.82, 2.24) is 15.1 Å². The van der Waals surface area contributed by atoms with E-state index in [1.54, 1.807) is 0 Å². The van der Waals surface area contributed by atoms with Crippen LogP contribution in [0.1, 0.15) is 41.5 Å². The molecular weight excluding hydrogens is 318 g/mol. The highest BCUT2D eigenvalue weighted by atomic mass is 16.5. The van der Waals surface area contributed by atoms with Crippen molar-refractivity contribution in [3.63, 3.8) is 0 Å². The van der Waals surface area contributed by atoms with Gasteiger partial charge in [0, 0.05) is 50.2 Å². The van der Waals surface area contributed by atoms with E-state index in [0.717, 1.165) is 39.3 Å². The second kappa shape index (κ2) is 10.5. The number of carbonyl (C=O) groups is 1. The number of carbonyl (C=O) groups excluding carboxylic acids is 1. The lowest BCUT2D eigenvalue weighted by Crippen LogP contribution is -2.53. The van der Waals surface area contributed by atoms with Crippen molar-refractivity contribution in [2.24, 2.45) is 5.41 Å². The first-order valence-corrected chi connectivity index (χ1v) is 9.52. The smallest absolute Gasteiger partial charge is 0.225 e. The highest BCUT2D eigenvalue weighted by Crippen LogP contribution is 2.15. The fraction of sp³-hybridized carbons (Fsp3) is 0.947. The van der Waals surface area contributed by atoms with E-state index >= 15 is 0 Å². The summed E-state index contributed by atoms with van der Waals surface area (Å²) in [6, 6.07) is 0. The van der Waals surface area contributed by atoms with Crippen LogP contribution in [0.5, 0.6) is 0 Å². The molecule has 1 aliphatic heterocycles. The molecular formula is C19H39N3O3. The second-order valence-electron chi connectivity index (χ2n) is 8.73. The summed E-state index contributed by atoms with van der Waals surface area (Å²) in [6.07, 6.45) is 0. The van der Waals surface area contributed by atoms with Crippen molar-refractivity contribution >= 4 is 5.91 Å². The van der Waals surface area contributed by atoms with E-state index in [1.165, 1.54) is 0 Å². The Hall–Kier alpha value is -0.690. The maximum absolute atomic E-state index is 11.7. The normalized spacial score (nSPS) is 17.7. The zero-order valence-corrected chi connectivity index (χ0v) is 17.2. The topological polar surface area (TPSA) is 54.0 Å². The lowest BCUT2D eigenvalue weighted by molar-refractivity contribution is -0.128. The highest BCUT2D eigenvalue weighted by Gasteiger charge is 2.25. The predicted molar refractivity (Wildman–Crippen MR) is 102 cm³/mol. The van der Waals surface area contributed by atoms with Crippen LogP contribution < -0.4 is 5.32 Å². The van der Waals surface area contributed by atoms with Gasteiger partial charge in [-0.2, -0.15) is 0 Å². The number of piperazine rings is 1. The molecule has 0 aliphatic carbocycles. The summed E-state index contributed by atoms with van der Waals surface area (Å²) in [6.45, 7) is 21.0. The molecule has 0 bridgehead atoms. The highest BCUT2D eigenvalue weighted by molar-refractivity contribution is 5.81. The molecule has 148 valence electrons. The maximum Gasteiger partial charge on any atom is 0.225 e. The van der Waals surface area contributed by atoms with E-state index in [-0.39, 0.29) is 16.9 Å². The van der Waals surface area contributed by atoms with E-state index < -0.39 is 0 Å². The Morgan fingerprint density at radius 2 is 1.44 bits per heavy atom. The minimum atomic E-state index is -0.346. The Kier molecular flexibility index (Phi) is 9.35. The summed E-state index contributed by atoms with van der Waals surface area (Å²) in [4.78, 5) is 16.7. The molecule has 0 radical (unpaired) electrons. The Morgan fingerprint density at radius 1 is 0.880 bits per heavy atom. The first-order valence-electron chi connectivity index (χ1n) is 9.52. The molecule has 0 aromatic carbocycles. The molecule has 0 spiro atoms. The van der Waals surface area contributed by atoms with Crippen molar-refractivity contribution in [2.45, 2.75) is 47.1 Å². The molecule has 6 nitrogen and oxygen atoms in total. The number of rotatable bonds is 9. The Labute approximate surface area is 154 Å². The Morgan fingerprint density at radius 3 is 1.96 bits per heavy atom. The van der Waals surface area contributed by atoms with Gasteiger partial charge in [-0.05, 0) is 20.8 Å². The molecule has 1 N–H and O–H groups in total. The van der Waals surface area contributed by atoms with E-state index in [2.05, 4.69) is 35.9 Å². The molecule has 1 heterocycles. The molecule has 0 unspecified atom stereocenters. The van der Waals surface area contributed by atoms with Crippen LogP contribution in [-0.4, -0.2) is 86.9 Å². The average molecular weight is 358 g/mol. The van der Waals surface area contributed by atoms with Crippen molar-refractivity contribution in [3.05, 3.63) is 0 Å². The molecule has 0 atom stereocenters. The van der Waals surface area contributed by atoms with Crippen molar-refractivity contribution in [3.8, 4) is 0 Å². The van der Waals surface area contributed by atoms with Crippen LogP contribution in [0.2, 0.25) is 0 Å². The van der Waals surface area contributed by atoms with Gasteiger partial charge >= 0.3 is 0 Å². The number of nitrogens with one attached hydrogen (secondary N) is 1. The molecule has 1 fully saturated rings. The van der Waals surface area contributed by atoms with E-state index in [0.29, 0.717) is 26.4 Å². The van der Waals surface area contributed by atoms with Gasteiger partial charge in [-0.1, -0.05) is 20.8 Å². The van der Waals surface area contributed by atoms with Crippen molar-refractivity contribution in [1.29, 1.82) is 0 Å². The van der Waals surface area contributed by atoms with Crippen LogP contribution in [0.4, 0.5) is 0 Å². The van der Waals surface area contributed by atoms with E-state index in [1.807, 2.05) is 20.8 Å². The third-order valence-corrected chi connectivity index (χ3v) is 4.46. The van der Waals surface area contributed by atoms with Gasteiger partial charge < -0.3 is 14.8 Å². The standard InChI is InChI=1S/C19H39N3O3/c1-18(2,3)17(23)20-7-13-24-15-16-25-14-12-21-8-10-22(11-9-21)19(4,5)6/h7-16H2,1-6H3,(H,20,23). The summed E-state index contributed by atoms with van der Waals surface area (Å²) >= 11 is 0. The van der Waals surface area contributed by atoms with Crippen LogP contribution in [0.25, 0.3) is 0 Å². The minimum Gasteiger partial charge on any atom is -0.378 e. The van der Waals surface area contributed by atoms with Crippen molar-refractivity contribution < 1.29 is 14.3 Å². The summed E-state index contributed by atoms with van der Waals surface area (Å²) < 4.78 is 11.1. The van der Waals surface area contributed by atoms with Crippen LogP contribution in [0.3, 0.4) is 0 Å². The first kappa shape index (κ1) is 22.4. The molecule has 0 aromatic heterocycles. The largest absolute Gasteiger partial charge is 0.378 e. The quantitative estimate of drug-likeness (QED) is 0.635. The fourth-order valence-electron chi connectivity index (χ4n) is 2.66. The van der Waals surface area contributed by atoms with E-state index in [9.17, 15) is 4.79 Å². The van der Waals surface area contributed by atoms with Gasteiger partial charge in [0.15, 0.2) is 0 Å². The molecule has 1 rings (SSSR count). The van der Waals surface area contributed by atoms with Gasteiger partial charge in [-0.3, -0.25) is 14.6 Å². The van der Waals surface area contributed by atoms with E-state index in [4.69, 9.17) is 9.47 Å². The molecule has 0 aromatic rings. The number of hydrogen-bond acceptors (Lipinski definition) is 5. The predicted octanol–water partition coefficient (Wildman–Crippen LogP) is 1.60. The molecule has 6 heteroatoms. The number of ether oxygens (including phenoxy) is 2. The molecule has 1 saturated heterocycles. The zero-order valence-electron chi connectivity index (χ0n) is 17.2. The maximum atomic E-state index is 11.7. The first-order chi connectivity index (χ1) is 11.6.